The molecule has 1 aliphatic heterocycles. The van der Waals surface area contributed by atoms with E-state index >= 15 is 0 Å². The molecular weight excluding hydrogens is 317 g/mol. The maximum atomic E-state index is 13.1. The van der Waals surface area contributed by atoms with Crippen LogP contribution in [-0.2, 0) is 13.6 Å². The number of halogens is 1. The van der Waals surface area contributed by atoms with E-state index in [9.17, 15) is 4.39 Å². The van der Waals surface area contributed by atoms with Crippen molar-refractivity contribution >= 4 is 11.5 Å². The molecule has 0 unspecified atom stereocenters. The number of hydrogen-bond acceptors (Lipinski definition) is 4. The summed E-state index contributed by atoms with van der Waals surface area (Å²) in [7, 11) is 6.10. The molecule has 1 aromatic heterocycles. The lowest BCUT2D eigenvalue weighted by atomic mass is 10.1. The van der Waals surface area contributed by atoms with Crippen LogP contribution >= 0.6 is 0 Å². The Bertz CT molecular complexity index is 707. The van der Waals surface area contributed by atoms with E-state index in [-0.39, 0.29) is 5.82 Å². The minimum absolute atomic E-state index is 0.176. The smallest absolute Gasteiger partial charge is 0.130 e. The minimum Gasteiger partial charge on any atom is -0.371 e. The first-order chi connectivity index (χ1) is 12.0. The lowest BCUT2D eigenvalue weighted by Crippen LogP contribution is -2.27. The topological polar surface area (TPSA) is 36.3 Å². The van der Waals surface area contributed by atoms with Gasteiger partial charge >= 0.3 is 0 Å². The van der Waals surface area contributed by atoms with Crippen molar-refractivity contribution in [3.63, 3.8) is 0 Å². The molecule has 3 rings (SSSR count). The molecule has 1 N–H and O–H groups in total. The number of nitrogens with one attached hydrogen (secondary N) is 1. The maximum Gasteiger partial charge on any atom is 0.130 e. The van der Waals surface area contributed by atoms with E-state index < -0.39 is 0 Å². The normalized spacial score (nSPS) is 17.3. The van der Waals surface area contributed by atoms with Crippen molar-refractivity contribution in [3.8, 4) is 0 Å². The van der Waals surface area contributed by atoms with Gasteiger partial charge in [0, 0.05) is 58.6 Å². The lowest BCUT2D eigenvalue weighted by molar-refractivity contribution is 0.516. The Morgan fingerprint density at radius 3 is 2.68 bits per heavy atom. The van der Waals surface area contributed by atoms with Crippen LogP contribution in [0.2, 0.25) is 0 Å². The summed E-state index contributed by atoms with van der Waals surface area (Å²) in [6, 6.07) is 6.81. The first-order valence-electron chi connectivity index (χ1n) is 8.86. The molecule has 1 saturated heterocycles. The van der Waals surface area contributed by atoms with Crippen LogP contribution in [0.3, 0.4) is 0 Å². The maximum absolute atomic E-state index is 13.1. The quantitative estimate of drug-likeness (QED) is 0.873. The van der Waals surface area contributed by atoms with Crippen molar-refractivity contribution < 1.29 is 4.39 Å². The van der Waals surface area contributed by atoms with E-state index in [0.717, 1.165) is 49.8 Å². The first kappa shape index (κ1) is 17.7. The molecule has 136 valence electrons. The molecule has 5 nitrogen and oxygen atoms in total. The van der Waals surface area contributed by atoms with Crippen LogP contribution < -0.4 is 15.1 Å². The number of benzene rings is 1. The summed E-state index contributed by atoms with van der Waals surface area (Å²) in [6.07, 6.45) is 1.16. The number of rotatable bonds is 6. The molecule has 0 amide bonds. The molecular formula is C19H28FN5. The van der Waals surface area contributed by atoms with Gasteiger partial charge in [-0.05, 0) is 43.5 Å². The lowest BCUT2D eigenvalue weighted by Gasteiger charge is -2.19. The number of anilines is 2. The average molecular weight is 345 g/mol. The van der Waals surface area contributed by atoms with Gasteiger partial charge in [0.05, 0.1) is 5.69 Å². The number of hydrogen-bond donors (Lipinski definition) is 1. The molecule has 1 atom stereocenters. The predicted molar refractivity (Wildman–Crippen MR) is 101 cm³/mol. The highest BCUT2D eigenvalue weighted by Crippen LogP contribution is 2.24. The van der Waals surface area contributed by atoms with Crippen LogP contribution in [0.25, 0.3) is 0 Å². The van der Waals surface area contributed by atoms with Crippen LogP contribution in [0, 0.1) is 18.7 Å². The van der Waals surface area contributed by atoms with Gasteiger partial charge in [-0.25, -0.2) is 4.39 Å². The number of nitrogens with zero attached hydrogens (tertiary/aromatic N) is 4. The highest BCUT2D eigenvalue weighted by Gasteiger charge is 2.23. The fraction of sp³-hybridized carbons (Fsp3) is 0.526. The number of aromatic nitrogens is 2. The van der Waals surface area contributed by atoms with Crippen LogP contribution in [0.5, 0.6) is 0 Å². The zero-order valence-electron chi connectivity index (χ0n) is 15.6. The van der Waals surface area contributed by atoms with E-state index in [4.69, 9.17) is 0 Å². The van der Waals surface area contributed by atoms with Crippen molar-refractivity contribution in [2.75, 3.05) is 43.5 Å². The highest BCUT2D eigenvalue weighted by molar-refractivity contribution is 5.49. The zero-order valence-corrected chi connectivity index (χ0v) is 15.6. The summed E-state index contributed by atoms with van der Waals surface area (Å²) in [6.45, 7) is 5.94. The first-order valence-corrected chi connectivity index (χ1v) is 8.86. The van der Waals surface area contributed by atoms with E-state index in [1.165, 1.54) is 17.7 Å². The van der Waals surface area contributed by atoms with Crippen LogP contribution in [0.1, 0.15) is 17.7 Å². The SMILES string of the molecule is Cc1nn(C)c(N(C)C)c1CNC[C@H]1CCN(c2ccc(F)cc2)C1. The fourth-order valence-corrected chi connectivity index (χ4v) is 3.74. The Hall–Kier alpha value is -2.08. The predicted octanol–water partition coefficient (Wildman–Crippen LogP) is 2.55. The second kappa shape index (κ2) is 7.44. The largest absolute Gasteiger partial charge is 0.371 e. The van der Waals surface area contributed by atoms with Crippen LogP contribution in [0.15, 0.2) is 24.3 Å². The van der Waals surface area contributed by atoms with Crippen molar-refractivity contribution in [3.05, 3.63) is 41.3 Å². The van der Waals surface area contributed by atoms with Crippen molar-refractivity contribution in [2.45, 2.75) is 19.9 Å². The molecule has 2 heterocycles. The van der Waals surface area contributed by atoms with Gasteiger partial charge in [-0.2, -0.15) is 5.10 Å². The molecule has 0 spiro atoms. The third-order valence-electron chi connectivity index (χ3n) is 4.95. The molecule has 25 heavy (non-hydrogen) atoms. The second-order valence-electron chi connectivity index (χ2n) is 7.11. The average Bonchev–Trinajstić information content (AvgIpc) is 3.13. The molecule has 0 saturated carbocycles. The van der Waals surface area contributed by atoms with Gasteiger partial charge in [0.1, 0.15) is 11.6 Å². The molecule has 1 aromatic carbocycles. The van der Waals surface area contributed by atoms with E-state index in [1.807, 2.05) is 23.9 Å². The Balaban J connectivity index is 1.53. The molecule has 1 aliphatic rings. The summed E-state index contributed by atoms with van der Waals surface area (Å²) >= 11 is 0. The third-order valence-corrected chi connectivity index (χ3v) is 4.95. The van der Waals surface area contributed by atoms with Crippen molar-refractivity contribution in [2.24, 2.45) is 13.0 Å². The van der Waals surface area contributed by atoms with Gasteiger partial charge < -0.3 is 15.1 Å². The van der Waals surface area contributed by atoms with Gasteiger partial charge in [-0.1, -0.05) is 0 Å². The summed E-state index contributed by atoms with van der Waals surface area (Å²) in [4.78, 5) is 4.45. The molecule has 0 radical (unpaired) electrons. The number of aryl methyl sites for hydroxylation is 2. The fourth-order valence-electron chi connectivity index (χ4n) is 3.74. The van der Waals surface area contributed by atoms with E-state index in [1.54, 1.807) is 0 Å². The molecule has 6 heteroatoms. The molecule has 1 fully saturated rings. The van der Waals surface area contributed by atoms with Crippen LogP contribution in [-0.4, -0.2) is 43.5 Å². The summed E-state index contributed by atoms with van der Waals surface area (Å²) in [5.74, 6) is 1.60. The van der Waals surface area contributed by atoms with Gasteiger partial charge in [0.25, 0.3) is 0 Å². The Morgan fingerprint density at radius 2 is 2.00 bits per heavy atom. The van der Waals surface area contributed by atoms with Crippen LogP contribution in [0.4, 0.5) is 15.9 Å². The van der Waals surface area contributed by atoms with E-state index in [0.29, 0.717) is 5.92 Å². The van der Waals surface area contributed by atoms with Crippen molar-refractivity contribution in [1.82, 2.24) is 15.1 Å². The Morgan fingerprint density at radius 1 is 1.28 bits per heavy atom. The zero-order chi connectivity index (χ0) is 18.0. The third kappa shape index (κ3) is 3.95. The second-order valence-corrected chi connectivity index (χ2v) is 7.11. The Kier molecular flexibility index (Phi) is 5.27. The molecule has 0 aliphatic carbocycles. The van der Waals surface area contributed by atoms with E-state index in [2.05, 4.69) is 41.2 Å². The minimum atomic E-state index is -0.176. The summed E-state index contributed by atoms with van der Waals surface area (Å²) in [5.41, 5.74) is 3.46. The highest BCUT2D eigenvalue weighted by atomic mass is 19.1. The van der Waals surface area contributed by atoms with Gasteiger partial charge in [-0.3, -0.25) is 4.68 Å². The summed E-state index contributed by atoms with van der Waals surface area (Å²) in [5, 5.41) is 8.15. The molecule has 2 aromatic rings. The molecule has 0 bridgehead atoms. The van der Waals surface area contributed by atoms with Gasteiger partial charge in [0.2, 0.25) is 0 Å². The standard InChI is InChI=1S/C19H28FN5/c1-14-18(19(23(2)3)24(4)22-14)12-21-11-15-9-10-25(13-15)17-7-5-16(20)6-8-17/h5-8,15,21H,9-13H2,1-4H3/t15-/m1/s1. The van der Waals surface area contributed by atoms with Gasteiger partial charge in [-0.15, -0.1) is 0 Å². The van der Waals surface area contributed by atoms with Crippen molar-refractivity contribution in [1.29, 1.82) is 0 Å². The van der Waals surface area contributed by atoms with Gasteiger partial charge in [0.15, 0.2) is 0 Å². The monoisotopic (exact) mass is 345 g/mol. The Labute approximate surface area is 149 Å². The summed E-state index contributed by atoms with van der Waals surface area (Å²) < 4.78 is 15.0.